The molecule has 0 aromatic heterocycles. The van der Waals surface area contributed by atoms with Gasteiger partial charge in [-0.15, -0.1) is 0 Å². The van der Waals surface area contributed by atoms with Gasteiger partial charge in [-0.2, -0.15) is 0 Å². The number of allylic oxidation sites excluding steroid dienone is 2. The predicted octanol–water partition coefficient (Wildman–Crippen LogP) is 2.45. The maximum absolute atomic E-state index is 2.41. The molecule has 0 unspecified atom stereocenters. The lowest BCUT2D eigenvalue weighted by Crippen LogP contribution is -2.41. The van der Waals surface area contributed by atoms with Gasteiger partial charge in [-0.1, -0.05) is 11.1 Å². The number of rotatable bonds is 2. The summed E-state index contributed by atoms with van der Waals surface area (Å²) in [7, 11) is 0. The number of hydrogen-bond donors (Lipinski definition) is 0. The van der Waals surface area contributed by atoms with Crippen LogP contribution in [0.5, 0.6) is 0 Å². The van der Waals surface area contributed by atoms with Crippen molar-refractivity contribution in [1.82, 2.24) is 9.80 Å². The zero-order valence-electron chi connectivity index (χ0n) is 9.88. The van der Waals surface area contributed by atoms with E-state index in [1.807, 2.05) is 0 Å². The average Bonchev–Trinajstić information content (AvgIpc) is 2.06. The summed E-state index contributed by atoms with van der Waals surface area (Å²) in [5.41, 5.74) is 2.78. The standard InChI is InChI=1S/C12H22N2/c1-11(2)9-13-5-7-14(8-6-13)10-12(3)4/h9-10H,5-8H2,1-4H3. The van der Waals surface area contributed by atoms with Crippen molar-refractivity contribution in [2.75, 3.05) is 26.2 Å². The Morgan fingerprint density at radius 1 is 0.714 bits per heavy atom. The molecule has 0 aromatic carbocycles. The number of piperazine rings is 1. The Balaban J connectivity index is 2.39. The van der Waals surface area contributed by atoms with Gasteiger partial charge in [-0.25, -0.2) is 0 Å². The van der Waals surface area contributed by atoms with Gasteiger partial charge in [0.2, 0.25) is 0 Å². The Morgan fingerprint density at radius 3 is 1.21 bits per heavy atom. The monoisotopic (exact) mass is 194 g/mol. The fourth-order valence-corrected chi connectivity index (χ4v) is 1.73. The second-order valence-corrected chi connectivity index (χ2v) is 4.48. The first-order chi connectivity index (χ1) is 6.58. The highest BCUT2D eigenvalue weighted by molar-refractivity contribution is 4.98. The van der Waals surface area contributed by atoms with Gasteiger partial charge >= 0.3 is 0 Å². The topological polar surface area (TPSA) is 6.48 Å². The average molecular weight is 194 g/mol. The first-order valence-corrected chi connectivity index (χ1v) is 5.36. The van der Waals surface area contributed by atoms with E-state index in [9.17, 15) is 0 Å². The van der Waals surface area contributed by atoms with Crippen molar-refractivity contribution in [3.05, 3.63) is 23.5 Å². The number of nitrogens with zero attached hydrogens (tertiary/aromatic N) is 2. The molecule has 0 aliphatic carbocycles. The van der Waals surface area contributed by atoms with Crippen molar-refractivity contribution in [3.8, 4) is 0 Å². The molecule has 0 spiro atoms. The summed E-state index contributed by atoms with van der Waals surface area (Å²) in [5, 5.41) is 0. The maximum Gasteiger partial charge on any atom is 0.0349 e. The number of hydrogen-bond acceptors (Lipinski definition) is 2. The van der Waals surface area contributed by atoms with Crippen LogP contribution in [0.25, 0.3) is 0 Å². The second-order valence-electron chi connectivity index (χ2n) is 4.48. The van der Waals surface area contributed by atoms with Crippen LogP contribution in [0.4, 0.5) is 0 Å². The summed E-state index contributed by atoms with van der Waals surface area (Å²) < 4.78 is 0. The third-order valence-corrected chi connectivity index (χ3v) is 2.23. The second kappa shape index (κ2) is 5.08. The molecular weight excluding hydrogens is 172 g/mol. The molecule has 0 N–H and O–H groups in total. The van der Waals surface area contributed by atoms with E-state index in [1.54, 1.807) is 0 Å². The molecule has 1 fully saturated rings. The van der Waals surface area contributed by atoms with Crippen molar-refractivity contribution in [1.29, 1.82) is 0 Å². The SMILES string of the molecule is CC(C)=CN1CCN(C=C(C)C)CC1. The zero-order valence-corrected chi connectivity index (χ0v) is 9.88. The zero-order chi connectivity index (χ0) is 10.6. The Kier molecular flexibility index (Phi) is 4.05. The summed E-state index contributed by atoms with van der Waals surface area (Å²) in [6.45, 7) is 13.2. The summed E-state index contributed by atoms with van der Waals surface area (Å²) >= 11 is 0. The molecule has 14 heavy (non-hydrogen) atoms. The van der Waals surface area contributed by atoms with Crippen LogP contribution in [0, 0.1) is 0 Å². The van der Waals surface area contributed by atoms with Crippen molar-refractivity contribution in [2.24, 2.45) is 0 Å². The van der Waals surface area contributed by atoms with E-state index in [-0.39, 0.29) is 0 Å². The molecule has 0 radical (unpaired) electrons. The highest BCUT2D eigenvalue weighted by Gasteiger charge is 2.11. The smallest absolute Gasteiger partial charge is 0.0349 e. The minimum Gasteiger partial charge on any atom is -0.374 e. The molecule has 80 valence electrons. The first kappa shape index (κ1) is 11.2. The first-order valence-electron chi connectivity index (χ1n) is 5.36. The Hall–Kier alpha value is -0.920. The van der Waals surface area contributed by atoms with Gasteiger partial charge in [-0.3, -0.25) is 0 Å². The van der Waals surface area contributed by atoms with Gasteiger partial charge in [-0.05, 0) is 40.1 Å². The molecule has 1 heterocycles. The molecule has 0 amide bonds. The van der Waals surface area contributed by atoms with E-state index in [0.29, 0.717) is 0 Å². The molecule has 1 rings (SSSR count). The van der Waals surface area contributed by atoms with Crippen LogP contribution in [0.2, 0.25) is 0 Å². The van der Waals surface area contributed by atoms with Gasteiger partial charge < -0.3 is 9.80 Å². The lowest BCUT2D eigenvalue weighted by molar-refractivity contribution is 0.216. The van der Waals surface area contributed by atoms with Crippen LogP contribution in [-0.2, 0) is 0 Å². The summed E-state index contributed by atoms with van der Waals surface area (Å²) in [6, 6.07) is 0. The molecule has 1 aliphatic rings. The minimum atomic E-state index is 1.15. The van der Waals surface area contributed by atoms with Crippen molar-refractivity contribution >= 4 is 0 Å². The van der Waals surface area contributed by atoms with Crippen LogP contribution >= 0.6 is 0 Å². The molecule has 1 aliphatic heterocycles. The van der Waals surface area contributed by atoms with Crippen LogP contribution in [-0.4, -0.2) is 36.0 Å². The van der Waals surface area contributed by atoms with Crippen molar-refractivity contribution in [2.45, 2.75) is 27.7 Å². The van der Waals surface area contributed by atoms with Gasteiger partial charge in [0.25, 0.3) is 0 Å². The van der Waals surface area contributed by atoms with Crippen LogP contribution < -0.4 is 0 Å². The van der Waals surface area contributed by atoms with Crippen LogP contribution in [0.1, 0.15) is 27.7 Å². The quantitative estimate of drug-likeness (QED) is 0.666. The Bertz CT molecular complexity index is 199. The lowest BCUT2D eigenvalue weighted by atomic mass is 10.3. The summed E-state index contributed by atoms with van der Waals surface area (Å²) in [4.78, 5) is 4.81. The third kappa shape index (κ3) is 3.86. The summed E-state index contributed by atoms with van der Waals surface area (Å²) in [5.74, 6) is 0. The van der Waals surface area contributed by atoms with Gasteiger partial charge in [0.05, 0.1) is 0 Å². The van der Waals surface area contributed by atoms with E-state index < -0.39 is 0 Å². The molecule has 0 atom stereocenters. The Morgan fingerprint density at radius 2 is 1.00 bits per heavy atom. The van der Waals surface area contributed by atoms with Crippen LogP contribution in [0.15, 0.2) is 23.5 Å². The van der Waals surface area contributed by atoms with Crippen molar-refractivity contribution in [3.63, 3.8) is 0 Å². The van der Waals surface area contributed by atoms with E-state index in [4.69, 9.17) is 0 Å². The fraction of sp³-hybridized carbons (Fsp3) is 0.667. The third-order valence-electron chi connectivity index (χ3n) is 2.23. The highest BCUT2D eigenvalue weighted by atomic mass is 15.2. The van der Waals surface area contributed by atoms with Crippen LogP contribution in [0.3, 0.4) is 0 Å². The normalized spacial score (nSPS) is 16.6. The van der Waals surface area contributed by atoms with Gasteiger partial charge in [0.1, 0.15) is 0 Å². The van der Waals surface area contributed by atoms with E-state index >= 15 is 0 Å². The molecule has 0 saturated carbocycles. The van der Waals surface area contributed by atoms with E-state index in [2.05, 4.69) is 49.9 Å². The predicted molar refractivity (Wildman–Crippen MR) is 62.0 cm³/mol. The molecule has 2 nitrogen and oxygen atoms in total. The molecule has 1 saturated heterocycles. The molecule has 2 heteroatoms. The Labute approximate surface area is 87.9 Å². The minimum absolute atomic E-state index is 1.15. The fourth-order valence-electron chi connectivity index (χ4n) is 1.73. The lowest BCUT2D eigenvalue weighted by Gasteiger charge is -2.34. The summed E-state index contributed by atoms with van der Waals surface area (Å²) in [6.07, 6.45) is 4.53. The molecule has 0 bridgehead atoms. The molecule has 0 aromatic rings. The highest BCUT2D eigenvalue weighted by Crippen LogP contribution is 2.06. The maximum atomic E-state index is 2.41. The van der Waals surface area contributed by atoms with Gasteiger partial charge in [0.15, 0.2) is 0 Å². The largest absolute Gasteiger partial charge is 0.374 e. The van der Waals surface area contributed by atoms with E-state index in [1.165, 1.54) is 11.1 Å². The molecular formula is C12H22N2. The van der Waals surface area contributed by atoms with Gasteiger partial charge in [0, 0.05) is 26.2 Å². The van der Waals surface area contributed by atoms with Crippen molar-refractivity contribution < 1.29 is 0 Å². The van der Waals surface area contributed by atoms with E-state index in [0.717, 1.165) is 26.2 Å².